The summed E-state index contributed by atoms with van der Waals surface area (Å²) in [6, 6.07) is 9.57. The van der Waals surface area contributed by atoms with Gasteiger partial charge in [-0.05, 0) is 13.0 Å². The van der Waals surface area contributed by atoms with Gasteiger partial charge in [-0.15, -0.1) is 0 Å². The lowest BCUT2D eigenvalue weighted by Gasteiger charge is -2.03. The predicted octanol–water partition coefficient (Wildman–Crippen LogP) is 2.48. The smallest absolute Gasteiger partial charge is 0.165 e. The number of hydrazine groups is 1. The Morgan fingerprint density at radius 2 is 2.06 bits per heavy atom. The highest BCUT2D eigenvalue weighted by molar-refractivity contribution is 5.92. The zero-order valence-electron chi connectivity index (χ0n) is 9.84. The highest BCUT2D eigenvalue weighted by atomic mass is 16.3. The summed E-state index contributed by atoms with van der Waals surface area (Å²) < 4.78 is 5.49. The fourth-order valence-electron chi connectivity index (χ4n) is 1.91. The molecule has 0 radical (unpaired) electrons. The number of nitrogens with one attached hydrogen (secondary N) is 1. The molecule has 0 aliphatic rings. The Morgan fingerprint density at radius 1 is 1.22 bits per heavy atom. The summed E-state index contributed by atoms with van der Waals surface area (Å²) in [7, 11) is 0. The number of hydrogen-bond donors (Lipinski definition) is 2. The third-order valence-electron chi connectivity index (χ3n) is 2.72. The molecule has 0 saturated carbocycles. The van der Waals surface area contributed by atoms with Crippen molar-refractivity contribution in [3.05, 3.63) is 42.3 Å². The van der Waals surface area contributed by atoms with Gasteiger partial charge in [-0.2, -0.15) is 0 Å². The van der Waals surface area contributed by atoms with Crippen LogP contribution in [0.4, 0.5) is 5.82 Å². The second-order valence-corrected chi connectivity index (χ2v) is 4.01. The SMILES string of the molecule is Cc1cc(NN)nc(-c2coc3ccccc23)n1. The number of fused-ring (bicyclic) bond motifs is 1. The number of rotatable bonds is 2. The summed E-state index contributed by atoms with van der Waals surface area (Å²) in [5.74, 6) is 6.58. The minimum Gasteiger partial charge on any atom is -0.464 e. The lowest BCUT2D eigenvalue weighted by Crippen LogP contribution is -2.09. The Bertz CT molecular complexity index is 705. The number of nitrogen functional groups attached to an aromatic ring is 1. The van der Waals surface area contributed by atoms with Gasteiger partial charge in [0.25, 0.3) is 0 Å². The van der Waals surface area contributed by atoms with Crippen LogP contribution in [0.5, 0.6) is 0 Å². The average Bonchev–Trinajstić information content (AvgIpc) is 2.81. The van der Waals surface area contributed by atoms with Crippen molar-refractivity contribution in [2.75, 3.05) is 5.43 Å². The largest absolute Gasteiger partial charge is 0.464 e. The Balaban J connectivity index is 2.22. The van der Waals surface area contributed by atoms with Gasteiger partial charge in [0.1, 0.15) is 17.7 Å². The second kappa shape index (κ2) is 4.12. The molecule has 3 aromatic rings. The summed E-state index contributed by atoms with van der Waals surface area (Å²) in [5.41, 5.74) is 5.07. The van der Waals surface area contributed by atoms with Crippen LogP contribution in [0.3, 0.4) is 0 Å². The molecule has 0 bridgehead atoms. The van der Waals surface area contributed by atoms with Crippen molar-refractivity contribution in [3.63, 3.8) is 0 Å². The lowest BCUT2D eigenvalue weighted by atomic mass is 10.1. The number of nitrogens with zero attached hydrogens (tertiary/aromatic N) is 2. The normalized spacial score (nSPS) is 10.8. The van der Waals surface area contributed by atoms with Gasteiger partial charge in [0.15, 0.2) is 5.82 Å². The number of nitrogens with two attached hydrogens (primary N) is 1. The quantitative estimate of drug-likeness (QED) is 0.531. The summed E-state index contributed by atoms with van der Waals surface area (Å²) in [6.45, 7) is 1.90. The van der Waals surface area contributed by atoms with Crippen molar-refractivity contribution in [3.8, 4) is 11.4 Å². The fraction of sp³-hybridized carbons (Fsp3) is 0.0769. The number of aryl methyl sites for hydroxylation is 1. The molecule has 1 aromatic carbocycles. The second-order valence-electron chi connectivity index (χ2n) is 4.01. The highest BCUT2D eigenvalue weighted by Gasteiger charge is 2.11. The molecule has 0 atom stereocenters. The van der Waals surface area contributed by atoms with Crippen LogP contribution in [0.15, 0.2) is 41.0 Å². The molecule has 3 rings (SSSR count). The van der Waals surface area contributed by atoms with E-state index in [1.54, 1.807) is 12.3 Å². The van der Waals surface area contributed by atoms with Crippen LogP contribution in [-0.2, 0) is 0 Å². The van der Waals surface area contributed by atoms with Gasteiger partial charge in [-0.25, -0.2) is 15.8 Å². The van der Waals surface area contributed by atoms with Crippen LogP contribution >= 0.6 is 0 Å². The summed E-state index contributed by atoms with van der Waals surface area (Å²) in [6.07, 6.45) is 1.67. The number of para-hydroxylation sites is 1. The maximum absolute atomic E-state index is 5.49. The van der Waals surface area contributed by atoms with E-state index in [0.29, 0.717) is 11.6 Å². The molecule has 3 N–H and O–H groups in total. The molecule has 0 aliphatic carbocycles. The molecule has 0 aliphatic heterocycles. The molecular formula is C13H12N4O. The van der Waals surface area contributed by atoms with E-state index < -0.39 is 0 Å². The molecule has 0 fully saturated rings. The molecule has 0 unspecified atom stereocenters. The van der Waals surface area contributed by atoms with Crippen molar-refractivity contribution < 1.29 is 4.42 Å². The van der Waals surface area contributed by atoms with E-state index in [-0.39, 0.29) is 0 Å². The van der Waals surface area contributed by atoms with E-state index in [2.05, 4.69) is 15.4 Å². The molecule has 0 amide bonds. The molecule has 2 heterocycles. The number of furan rings is 1. The van der Waals surface area contributed by atoms with Gasteiger partial charge in [0.05, 0.1) is 5.56 Å². The van der Waals surface area contributed by atoms with Crippen LogP contribution in [0.1, 0.15) is 5.69 Å². The minimum atomic E-state index is 0.586. The first-order valence-electron chi connectivity index (χ1n) is 5.57. The topological polar surface area (TPSA) is 77.0 Å². The Morgan fingerprint density at radius 3 is 2.89 bits per heavy atom. The fourth-order valence-corrected chi connectivity index (χ4v) is 1.91. The van der Waals surface area contributed by atoms with E-state index in [9.17, 15) is 0 Å². The van der Waals surface area contributed by atoms with Crippen LogP contribution in [0.2, 0.25) is 0 Å². The zero-order chi connectivity index (χ0) is 12.5. The molecule has 18 heavy (non-hydrogen) atoms. The molecule has 0 spiro atoms. The third-order valence-corrected chi connectivity index (χ3v) is 2.72. The third kappa shape index (κ3) is 1.70. The van der Waals surface area contributed by atoms with Crippen molar-refractivity contribution in [1.82, 2.24) is 9.97 Å². The van der Waals surface area contributed by atoms with Crippen molar-refractivity contribution in [1.29, 1.82) is 0 Å². The van der Waals surface area contributed by atoms with Crippen LogP contribution in [0, 0.1) is 6.92 Å². The van der Waals surface area contributed by atoms with Crippen LogP contribution in [0.25, 0.3) is 22.4 Å². The number of aromatic nitrogens is 2. The predicted molar refractivity (Wildman–Crippen MR) is 69.8 cm³/mol. The van der Waals surface area contributed by atoms with Crippen molar-refractivity contribution in [2.24, 2.45) is 5.84 Å². The summed E-state index contributed by atoms with van der Waals surface area (Å²) in [4.78, 5) is 8.75. The van der Waals surface area contributed by atoms with E-state index in [1.165, 1.54) is 0 Å². The first-order valence-corrected chi connectivity index (χ1v) is 5.57. The molecule has 0 saturated heterocycles. The lowest BCUT2D eigenvalue weighted by molar-refractivity contribution is 0.616. The molecule has 5 nitrogen and oxygen atoms in total. The van der Waals surface area contributed by atoms with Crippen LogP contribution in [-0.4, -0.2) is 9.97 Å². The summed E-state index contributed by atoms with van der Waals surface area (Å²) >= 11 is 0. The van der Waals surface area contributed by atoms with E-state index in [1.807, 2.05) is 31.2 Å². The number of hydrogen-bond acceptors (Lipinski definition) is 5. The Kier molecular flexibility index (Phi) is 2.46. The number of benzene rings is 1. The van der Waals surface area contributed by atoms with Gasteiger partial charge in [0.2, 0.25) is 0 Å². The minimum absolute atomic E-state index is 0.586. The van der Waals surface area contributed by atoms with Gasteiger partial charge in [-0.3, -0.25) is 0 Å². The Labute approximate surface area is 104 Å². The van der Waals surface area contributed by atoms with Gasteiger partial charge >= 0.3 is 0 Å². The first-order chi connectivity index (χ1) is 8.78. The Hall–Kier alpha value is -2.40. The van der Waals surface area contributed by atoms with Crippen LogP contribution < -0.4 is 11.3 Å². The monoisotopic (exact) mass is 240 g/mol. The maximum Gasteiger partial charge on any atom is 0.165 e. The standard InChI is InChI=1S/C13H12N4O/c1-8-6-12(17-14)16-13(15-8)10-7-18-11-5-3-2-4-9(10)11/h2-7H,14H2,1H3,(H,15,16,17). The van der Waals surface area contributed by atoms with Crippen molar-refractivity contribution >= 4 is 16.8 Å². The molecular weight excluding hydrogens is 228 g/mol. The van der Waals surface area contributed by atoms with E-state index in [4.69, 9.17) is 10.3 Å². The first kappa shape index (κ1) is 10.7. The van der Waals surface area contributed by atoms with Gasteiger partial charge < -0.3 is 9.84 Å². The zero-order valence-corrected chi connectivity index (χ0v) is 9.84. The highest BCUT2D eigenvalue weighted by Crippen LogP contribution is 2.28. The van der Waals surface area contributed by atoms with Crippen molar-refractivity contribution in [2.45, 2.75) is 6.92 Å². The molecule has 90 valence electrons. The molecule has 5 heteroatoms. The van der Waals surface area contributed by atoms with E-state index >= 15 is 0 Å². The average molecular weight is 240 g/mol. The van der Waals surface area contributed by atoms with E-state index in [0.717, 1.165) is 22.2 Å². The number of anilines is 1. The summed E-state index contributed by atoms with van der Waals surface area (Å²) in [5, 5.41) is 0.992. The van der Waals surface area contributed by atoms with Gasteiger partial charge in [0, 0.05) is 17.1 Å². The maximum atomic E-state index is 5.49. The van der Waals surface area contributed by atoms with Gasteiger partial charge in [-0.1, -0.05) is 18.2 Å². The molecule has 2 aromatic heterocycles.